The number of nitrogens with zero attached hydrogens (tertiary/aromatic N) is 6. The van der Waals surface area contributed by atoms with Crippen molar-refractivity contribution in [3.8, 4) is 5.75 Å². The molecule has 1 aliphatic heterocycles. The molecule has 5 rings (SSSR count). The van der Waals surface area contributed by atoms with Crippen molar-refractivity contribution in [1.29, 1.82) is 0 Å². The number of nitrogens with two attached hydrogens (primary N) is 1. The zero-order valence-electron chi connectivity index (χ0n) is 24.5. The molecule has 0 radical (unpaired) electrons. The van der Waals surface area contributed by atoms with Crippen LogP contribution < -0.4 is 31.3 Å². The molecule has 0 bridgehead atoms. The third-order valence-corrected chi connectivity index (χ3v) is 8.31. The topological polar surface area (TPSA) is 136 Å². The van der Waals surface area contributed by atoms with Crippen molar-refractivity contribution in [3.63, 3.8) is 0 Å². The van der Waals surface area contributed by atoms with Gasteiger partial charge in [0.2, 0.25) is 5.95 Å². The Morgan fingerprint density at radius 1 is 1.10 bits per heavy atom. The normalized spacial score (nSPS) is 14.1. The van der Waals surface area contributed by atoms with Gasteiger partial charge in [-0.3, -0.25) is 15.0 Å². The summed E-state index contributed by atoms with van der Waals surface area (Å²) < 4.78 is 11.4. The number of aryl methyl sites for hydroxylation is 1. The highest BCUT2D eigenvalue weighted by Crippen LogP contribution is 2.38. The van der Waals surface area contributed by atoms with Crippen molar-refractivity contribution in [2.75, 3.05) is 69.3 Å². The molecule has 0 spiro atoms. The summed E-state index contributed by atoms with van der Waals surface area (Å²) in [7, 11) is 2.90. The van der Waals surface area contributed by atoms with E-state index in [1.54, 1.807) is 45.2 Å². The van der Waals surface area contributed by atoms with Crippen LogP contribution in [0.2, 0.25) is 0 Å². The zero-order valence-corrected chi connectivity index (χ0v) is 25.4. The molecular formula is C30H36N9O2P. The first-order valence-corrected chi connectivity index (χ1v) is 15.8. The number of rotatable bonds is 9. The van der Waals surface area contributed by atoms with Crippen LogP contribution in [0.1, 0.15) is 11.1 Å². The van der Waals surface area contributed by atoms with Gasteiger partial charge in [-0.05, 0) is 38.5 Å². The van der Waals surface area contributed by atoms with Gasteiger partial charge in [-0.25, -0.2) is 4.98 Å². The maximum Gasteiger partial charge on any atom is 0.229 e. The van der Waals surface area contributed by atoms with Gasteiger partial charge in [-0.2, -0.15) is 4.98 Å². The highest BCUT2D eigenvalue weighted by atomic mass is 31.1. The highest BCUT2D eigenvalue weighted by Gasteiger charge is 2.21. The number of morpholine rings is 1. The molecule has 0 atom stereocenters. The molecule has 218 valence electrons. The van der Waals surface area contributed by atoms with E-state index in [1.807, 2.05) is 31.2 Å². The predicted molar refractivity (Wildman–Crippen MR) is 174 cm³/mol. The number of allylic oxidation sites excluding steroid dienone is 1. The van der Waals surface area contributed by atoms with Gasteiger partial charge in [0.25, 0.3) is 0 Å². The maximum atomic E-state index is 6.05. The molecule has 1 fully saturated rings. The van der Waals surface area contributed by atoms with Crippen LogP contribution in [0.5, 0.6) is 5.75 Å². The molecule has 1 aliphatic rings. The van der Waals surface area contributed by atoms with Crippen LogP contribution in [0.25, 0.3) is 16.6 Å². The lowest BCUT2D eigenvalue weighted by Crippen LogP contribution is -2.36. The van der Waals surface area contributed by atoms with Crippen LogP contribution in [0, 0.1) is 6.92 Å². The third kappa shape index (κ3) is 6.12. The van der Waals surface area contributed by atoms with Gasteiger partial charge in [0, 0.05) is 90.6 Å². The van der Waals surface area contributed by atoms with E-state index in [-0.39, 0.29) is 0 Å². The third-order valence-electron chi connectivity index (χ3n) is 6.96. The largest absolute Gasteiger partial charge is 0.494 e. The van der Waals surface area contributed by atoms with Crippen LogP contribution in [0.15, 0.2) is 54.0 Å². The summed E-state index contributed by atoms with van der Waals surface area (Å²) in [6, 6.07) is 8.03. The van der Waals surface area contributed by atoms with E-state index in [4.69, 9.17) is 20.2 Å². The van der Waals surface area contributed by atoms with Gasteiger partial charge in [0.1, 0.15) is 11.6 Å². The Morgan fingerprint density at radius 3 is 2.60 bits per heavy atom. The van der Waals surface area contributed by atoms with Crippen molar-refractivity contribution in [2.24, 2.45) is 10.7 Å². The molecule has 2 aromatic heterocycles. The van der Waals surface area contributed by atoms with E-state index >= 15 is 0 Å². The number of aromatic nitrogens is 4. The molecule has 11 nitrogen and oxygen atoms in total. The standard InChI is InChI=1S/C30H36N9O2P/c1-19-17-35-30(38-29(19)36-23-7-6-22-27(28(23)42(4)5)34-9-8-33-22)37-24-14-21(20(16-31)18-32-2)25(15-26(24)40-3)39-10-12-41-13-11-39/h6-9,14-18H,10-13,31H2,1-5H3,(H2,35,36,37,38). The first-order chi connectivity index (χ1) is 20.4. The lowest BCUT2D eigenvalue weighted by atomic mass is 10.0. The average Bonchev–Trinajstić information content (AvgIpc) is 3.01. The van der Waals surface area contributed by atoms with Crippen molar-refractivity contribution < 1.29 is 9.47 Å². The molecule has 2 aromatic carbocycles. The van der Waals surface area contributed by atoms with Crippen molar-refractivity contribution in [1.82, 2.24) is 19.9 Å². The molecule has 0 saturated carbocycles. The number of methoxy groups -OCH3 is 1. The molecule has 0 aliphatic carbocycles. The number of hydrogen-bond acceptors (Lipinski definition) is 11. The lowest BCUT2D eigenvalue weighted by Gasteiger charge is -2.31. The summed E-state index contributed by atoms with van der Waals surface area (Å²) in [5, 5.41) is 8.06. The monoisotopic (exact) mass is 585 g/mol. The molecule has 42 heavy (non-hydrogen) atoms. The fourth-order valence-corrected chi connectivity index (χ4v) is 6.13. The van der Waals surface area contributed by atoms with Gasteiger partial charge in [-0.1, -0.05) is 7.92 Å². The van der Waals surface area contributed by atoms with Gasteiger partial charge < -0.3 is 30.7 Å². The smallest absolute Gasteiger partial charge is 0.229 e. The summed E-state index contributed by atoms with van der Waals surface area (Å²) in [5.41, 5.74) is 13.1. The second-order valence-corrected chi connectivity index (χ2v) is 12.2. The summed E-state index contributed by atoms with van der Waals surface area (Å²) >= 11 is 0. The fourth-order valence-electron chi connectivity index (χ4n) is 4.93. The number of nitrogens with one attached hydrogen (secondary N) is 2. The Labute approximate surface area is 247 Å². The van der Waals surface area contributed by atoms with Gasteiger partial charge >= 0.3 is 0 Å². The van der Waals surface area contributed by atoms with E-state index in [2.05, 4.69) is 48.8 Å². The number of ether oxygens (including phenoxy) is 2. The maximum absolute atomic E-state index is 6.05. The number of anilines is 5. The van der Waals surface area contributed by atoms with Gasteiger partial charge in [0.05, 0.1) is 37.0 Å². The van der Waals surface area contributed by atoms with Crippen LogP contribution in [-0.4, -0.2) is 79.9 Å². The molecule has 4 N–H and O–H groups in total. The quantitative estimate of drug-likeness (QED) is 0.191. The van der Waals surface area contributed by atoms with Gasteiger partial charge in [-0.15, -0.1) is 0 Å². The second kappa shape index (κ2) is 13.1. The molecule has 12 heteroatoms. The minimum Gasteiger partial charge on any atom is -0.494 e. The number of hydrogen-bond donors (Lipinski definition) is 3. The molecule has 0 unspecified atom stereocenters. The molecule has 0 amide bonds. The van der Waals surface area contributed by atoms with Crippen LogP contribution >= 0.6 is 7.92 Å². The predicted octanol–water partition coefficient (Wildman–Crippen LogP) is 4.43. The van der Waals surface area contributed by atoms with Crippen molar-refractivity contribution in [2.45, 2.75) is 6.92 Å². The summed E-state index contributed by atoms with van der Waals surface area (Å²) in [6.45, 7) is 9.23. The minimum absolute atomic E-state index is 0.423. The lowest BCUT2D eigenvalue weighted by molar-refractivity contribution is 0.122. The SMILES string of the molecule is CN=CC(=CN)c1cc(Nc2ncc(C)c(Nc3ccc4nccnc4c3P(C)C)n2)c(OC)cc1N1CCOCC1. The number of aliphatic imine (C=N–C) groups is 1. The Bertz CT molecular complexity index is 1640. The zero-order chi connectivity index (χ0) is 29.6. The van der Waals surface area contributed by atoms with Gasteiger partial charge in [0.15, 0.2) is 0 Å². The number of fused-ring (bicyclic) bond motifs is 1. The van der Waals surface area contributed by atoms with E-state index in [0.29, 0.717) is 36.4 Å². The van der Waals surface area contributed by atoms with E-state index < -0.39 is 7.92 Å². The Morgan fingerprint density at radius 2 is 1.88 bits per heavy atom. The van der Waals surface area contributed by atoms with E-state index in [9.17, 15) is 0 Å². The Balaban J connectivity index is 1.52. The highest BCUT2D eigenvalue weighted by molar-refractivity contribution is 7.65. The van der Waals surface area contributed by atoms with Crippen LogP contribution in [0.3, 0.4) is 0 Å². The number of benzene rings is 2. The molecule has 1 saturated heterocycles. The summed E-state index contributed by atoms with van der Waals surface area (Å²) in [6.07, 6.45) is 8.56. The Hall–Kier alpha value is -4.34. The second-order valence-electron chi connectivity index (χ2n) is 9.93. The summed E-state index contributed by atoms with van der Waals surface area (Å²) in [4.78, 5) is 25.0. The molecular weight excluding hydrogens is 549 g/mol. The average molecular weight is 586 g/mol. The fraction of sp³-hybridized carbons (Fsp3) is 0.300. The van der Waals surface area contributed by atoms with E-state index in [0.717, 1.165) is 57.5 Å². The first-order valence-electron chi connectivity index (χ1n) is 13.6. The molecule has 3 heterocycles. The van der Waals surface area contributed by atoms with Crippen molar-refractivity contribution in [3.05, 3.63) is 60.2 Å². The summed E-state index contributed by atoms with van der Waals surface area (Å²) in [5.74, 6) is 1.77. The Kier molecular flexibility index (Phi) is 9.09. The van der Waals surface area contributed by atoms with Crippen molar-refractivity contribution >= 4 is 64.9 Å². The first kappa shape index (κ1) is 29.2. The molecule has 4 aromatic rings. The minimum atomic E-state index is -0.479. The van der Waals surface area contributed by atoms with Crippen LogP contribution in [0.4, 0.5) is 28.8 Å². The van der Waals surface area contributed by atoms with Crippen LogP contribution in [-0.2, 0) is 4.74 Å². The van der Waals surface area contributed by atoms with E-state index in [1.165, 1.54) is 0 Å².